The molecule has 7 heteroatoms. The quantitative estimate of drug-likeness (QED) is 0.833. The molecule has 2 aliphatic rings. The number of carbonyl (C=O) groups excluding carboxylic acids is 1. The van der Waals surface area contributed by atoms with Gasteiger partial charge in [-0.05, 0) is 24.8 Å². The molecule has 0 N–H and O–H groups in total. The second-order valence-electron chi connectivity index (χ2n) is 6.09. The second kappa shape index (κ2) is 7.71. The Bertz CT molecular complexity index is 560. The summed E-state index contributed by atoms with van der Waals surface area (Å²) < 4.78 is 13.9. The van der Waals surface area contributed by atoms with E-state index in [2.05, 4.69) is 4.98 Å². The zero-order valence-corrected chi connectivity index (χ0v) is 14.6. The lowest BCUT2D eigenvalue weighted by molar-refractivity contribution is -0.132. The Morgan fingerprint density at radius 2 is 2.00 bits per heavy atom. The number of hydrogen-bond donors (Lipinski definition) is 0. The molecule has 0 aromatic carbocycles. The van der Waals surface area contributed by atoms with Crippen molar-refractivity contribution in [3.8, 4) is 0 Å². The summed E-state index contributed by atoms with van der Waals surface area (Å²) in [4.78, 5) is 20.4. The summed E-state index contributed by atoms with van der Waals surface area (Å²) in [7, 11) is 0. The van der Waals surface area contributed by atoms with Crippen molar-refractivity contribution in [2.45, 2.75) is 19.3 Å². The number of pyridine rings is 1. The maximum atomic E-state index is 13.9. The number of halogens is 2. The average Bonchev–Trinajstić information content (AvgIpc) is 2.57. The summed E-state index contributed by atoms with van der Waals surface area (Å²) in [6.07, 6.45) is 3.90. The first-order valence-electron chi connectivity index (χ1n) is 8.05. The van der Waals surface area contributed by atoms with Gasteiger partial charge in [-0.15, -0.1) is 0 Å². The molecule has 1 amide bonds. The number of aromatic nitrogens is 1. The Kier molecular flexibility index (Phi) is 5.64. The van der Waals surface area contributed by atoms with E-state index in [0.29, 0.717) is 23.2 Å². The van der Waals surface area contributed by atoms with Crippen LogP contribution in [0.3, 0.4) is 0 Å². The molecule has 1 aromatic heterocycles. The highest BCUT2D eigenvalue weighted by molar-refractivity contribution is 7.99. The number of anilines is 1. The lowest BCUT2D eigenvalue weighted by Crippen LogP contribution is -2.41. The fourth-order valence-electron chi connectivity index (χ4n) is 3.18. The SMILES string of the molecule is O=C(CC1CCN(c2ncc(Cl)cc2F)CC1)N1CCSCC1. The molecule has 0 atom stereocenters. The van der Waals surface area contributed by atoms with E-state index in [9.17, 15) is 9.18 Å². The van der Waals surface area contributed by atoms with E-state index in [1.165, 1.54) is 12.3 Å². The van der Waals surface area contributed by atoms with Gasteiger partial charge in [0.2, 0.25) is 5.91 Å². The molecule has 0 aliphatic carbocycles. The van der Waals surface area contributed by atoms with E-state index in [1.807, 2.05) is 21.6 Å². The van der Waals surface area contributed by atoms with Crippen LogP contribution in [0.25, 0.3) is 0 Å². The van der Waals surface area contributed by atoms with Crippen molar-refractivity contribution in [1.29, 1.82) is 0 Å². The number of piperidine rings is 1. The second-order valence-corrected chi connectivity index (χ2v) is 7.75. The van der Waals surface area contributed by atoms with Crippen molar-refractivity contribution in [1.82, 2.24) is 9.88 Å². The third-order valence-electron chi connectivity index (χ3n) is 4.53. The van der Waals surface area contributed by atoms with Crippen LogP contribution in [0, 0.1) is 11.7 Å². The smallest absolute Gasteiger partial charge is 0.222 e. The molecule has 0 spiro atoms. The topological polar surface area (TPSA) is 36.4 Å². The van der Waals surface area contributed by atoms with E-state index < -0.39 is 0 Å². The first kappa shape index (κ1) is 16.8. The van der Waals surface area contributed by atoms with Crippen LogP contribution in [-0.2, 0) is 4.79 Å². The van der Waals surface area contributed by atoms with Gasteiger partial charge in [-0.3, -0.25) is 4.79 Å². The minimum absolute atomic E-state index is 0.277. The van der Waals surface area contributed by atoms with E-state index in [4.69, 9.17) is 11.6 Å². The van der Waals surface area contributed by atoms with Gasteiger partial charge in [-0.1, -0.05) is 11.6 Å². The Morgan fingerprint density at radius 1 is 1.30 bits per heavy atom. The molecule has 3 rings (SSSR count). The van der Waals surface area contributed by atoms with E-state index in [1.54, 1.807) is 0 Å². The predicted octanol–water partition coefficient (Wildman–Crippen LogP) is 3.06. The summed E-state index contributed by atoms with van der Waals surface area (Å²) in [5, 5.41) is 0.312. The largest absolute Gasteiger partial charge is 0.354 e. The van der Waals surface area contributed by atoms with Crippen molar-refractivity contribution in [2.24, 2.45) is 5.92 Å². The van der Waals surface area contributed by atoms with Crippen LogP contribution in [0.4, 0.5) is 10.2 Å². The molecule has 0 unspecified atom stereocenters. The third kappa shape index (κ3) is 4.29. The lowest BCUT2D eigenvalue weighted by Gasteiger charge is -2.34. The molecule has 126 valence electrons. The molecule has 1 aromatic rings. The molecule has 3 heterocycles. The Hall–Kier alpha value is -1.01. The van der Waals surface area contributed by atoms with E-state index >= 15 is 0 Å². The highest BCUT2D eigenvalue weighted by Crippen LogP contribution is 2.27. The highest BCUT2D eigenvalue weighted by atomic mass is 35.5. The maximum absolute atomic E-state index is 13.9. The van der Waals surface area contributed by atoms with Crippen molar-refractivity contribution in [3.05, 3.63) is 23.1 Å². The van der Waals surface area contributed by atoms with Crippen LogP contribution in [0.5, 0.6) is 0 Å². The summed E-state index contributed by atoms with van der Waals surface area (Å²) in [5.41, 5.74) is 0. The number of hydrogen-bond acceptors (Lipinski definition) is 4. The molecular weight excluding hydrogens is 337 g/mol. The number of amides is 1. The van der Waals surface area contributed by atoms with E-state index in [-0.39, 0.29) is 11.7 Å². The number of nitrogens with zero attached hydrogens (tertiary/aromatic N) is 3. The monoisotopic (exact) mass is 357 g/mol. The van der Waals surface area contributed by atoms with Crippen molar-refractivity contribution in [2.75, 3.05) is 42.6 Å². The fourth-order valence-corrected chi connectivity index (χ4v) is 4.23. The van der Waals surface area contributed by atoms with Gasteiger partial charge in [0, 0.05) is 50.3 Å². The summed E-state index contributed by atoms with van der Waals surface area (Å²) in [5.74, 6) is 2.76. The number of carbonyl (C=O) groups is 1. The zero-order valence-electron chi connectivity index (χ0n) is 13.0. The van der Waals surface area contributed by atoms with Gasteiger partial charge in [0.05, 0.1) is 5.02 Å². The Morgan fingerprint density at radius 3 is 2.65 bits per heavy atom. The van der Waals surface area contributed by atoms with Gasteiger partial charge in [0.1, 0.15) is 0 Å². The summed E-state index contributed by atoms with van der Waals surface area (Å²) >= 11 is 7.66. The predicted molar refractivity (Wildman–Crippen MR) is 92.7 cm³/mol. The van der Waals surface area contributed by atoms with Gasteiger partial charge in [-0.25, -0.2) is 9.37 Å². The highest BCUT2D eigenvalue weighted by Gasteiger charge is 2.26. The van der Waals surface area contributed by atoms with Crippen LogP contribution < -0.4 is 4.90 Å². The molecular formula is C16H21ClFN3OS. The van der Waals surface area contributed by atoms with Gasteiger partial charge in [-0.2, -0.15) is 11.8 Å². The summed E-state index contributed by atoms with van der Waals surface area (Å²) in [6.45, 7) is 3.23. The first-order chi connectivity index (χ1) is 11.1. The number of thioether (sulfide) groups is 1. The van der Waals surface area contributed by atoms with Crippen LogP contribution in [0.2, 0.25) is 5.02 Å². The van der Waals surface area contributed by atoms with Gasteiger partial charge in [0.25, 0.3) is 0 Å². The molecule has 23 heavy (non-hydrogen) atoms. The number of rotatable bonds is 3. The zero-order chi connectivity index (χ0) is 16.2. The molecule has 2 aliphatic heterocycles. The van der Waals surface area contributed by atoms with Crippen LogP contribution >= 0.6 is 23.4 Å². The normalized spacial score (nSPS) is 19.9. The minimum atomic E-state index is -0.377. The van der Waals surface area contributed by atoms with Crippen LogP contribution in [0.1, 0.15) is 19.3 Å². The Balaban J connectivity index is 1.51. The molecule has 0 saturated carbocycles. The molecule has 0 radical (unpaired) electrons. The molecule has 2 fully saturated rings. The fraction of sp³-hybridized carbons (Fsp3) is 0.625. The Labute approximate surface area is 145 Å². The van der Waals surface area contributed by atoms with Gasteiger partial charge >= 0.3 is 0 Å². The van der Waals surface area contributed by atoms with Crippen molar-refractivity contribution >= 4 is 35.1 Å². The first-order valence-corrected chi connectivity index (χ1v) is 9.58. The molecule has 0 bridgehead atoms. The maximum Gasteiger partial charge on any atom is 0.222 e. The third-order valence-corrected chi connectivity index (χ3v) is 5.68. The molecule has 2 saturated heterocycles. The van der Waals surface area contributed by atoms with Gasteiger partial charge in [0.15, 0.2) is 11.6 Å². The lowest BCUT2D eigenvalue weighted by atomic mass is 9.93. The van der Waals surface area contributed by atoms with Crippen molar-refractivity contribution < 1.29 is 9.18 Å². The van der Waals surface area contributed by atoms with Crippen molar-refractivity contribution in [3.63, 3.8) is 0 Å². The van der Waals surface area contributed by atoms with Crippen LogP contribution in [-0.4, -0.2) is 53.5 Å². The standard InChI is InChI=1S/C16H21ClFN3OS/c17-13-10-14(18)16(19-11-13)21-3-1-12(2-4-21)9-15(22)20-5-7-23-8-6-20/h10-12H,1-9H2. The summed E-state index contributed by atoms with van der Waals surface area (Å²) in [6, 6.07) is 1.30. The molecule has 4 nitrogen and oxygen atoms in total. The van der Waals surface area contributed by atoms with E-state index in [0.717, 1.165) is 50.5 Å². The van der Waals surface area contributed by atoms with Gasteiger partial charge < -0.3 is 9.80 Å². The minimum Gasteiger partial charge on any atom is -0.354 e. The van der Waals surface area contributed by atoms with Crippen LogP contribution in [0.15, 0.2) is 12.3 Å². The average molecular weight is 358 g/mol.